The minimum absolute atomic E-state index is 0.0155. The van der Waals surface area contributed by atoms with Crippen molar-refractivity contribution in [3.05, 3.63) is 168 Å². The second-order valence-corrected chi connectivity index (χ2v) is 21.3. The van der Waals surface area contributed by atoms with Gasteiger partial charge in [-0.3, -0.25) is 28.8 Å². The summed E-state index contributed by atoms with van der Waals surface area (Å²) in [6.07, 6.45) is 0.672. The fourth-order valence-corrected chi connectivity index (χ4v) is 10.8. The van der Waals surface area contributed by atoms with E-state index in [-0.39, 0.29) is 83.9 Å². The maximum atomic E-state index is 14.4. The molecule has 0 unspecified atom stereocenters. The van der Waals surface area contributed by atoms with Gasteiger partial charge in [0.05, 0.1) is 61.5 Å². The van der Waals surface area contributed by atoms with Gasteiger partial charge < -0.3 is 45.5 Å². The first-order chi connectivity index (χ1) is 36.3. The van der Waals surface area contributed by atoms with Crippen LogP contribution >= 0.6 is 110 Å². The molecule has 0 saturated carbocycles. The first-order valence-corrected chi connectivity index (χ1v) is 27.1. The SMILES string of the molecule is CC(=O)Nc1cccc(COc2c(Br)cc(CC(=O)O)cc2Br)c1F.CC(=O)Nc1cccc(COc2c(Br)cc(CCC(=O)O)cc2Br)c1Cl.CC(=O)Nc1cccc(COc2c(Cl)cc(CCC(=O)O)cc2Cl)c1Cl. The summed E-state index contributed by atoms with van der Waals surface area (Å²) in [5, 5.41) is 35.5. The summed E-state index contributed by atoms with van der Waals surface area (Å²) in [6, 6.07) is 25.3. The maximum Gasteiger partial charge on any atom is 0.307 e. The van der Waals surface area contributed by atoms with Crippen LogP contribution in [0.25, 0.3) is 0 Å². The number of halogens is 9. The van der Waals surface area contributed by atoms with Crippen LogP contribution in [-0.4, -0.2) is 50.9 Å². The van der Waals surface area contributed by atoms with E-state index in [1.807, 2.05) is 18.2 Å². The quantitative estimate of drug-likeness (QED) is 0.0420. The van der Waals surface area contributed by atoms with Gasteiger partial charge >= 0.3 is 17.9 Å². The highest BCUT2D eigenvalue weighted by Crippen LogP contribution is 2.39. The van der Waals surface area contributed by atoms with Gasteiger partial charge in [0, 0.05) is 50.3 Å². The highest BCUT2D eigenvalue weighted by Gasteiger charge is 2.17. The molecule has 0 atom stereocenters. The molecule has 408 valence electrons. The van der Waals surface area contributed by atoms with E-state index in [2.05, 4.69) is 79.7 Å². The van der Waals surface area contributed by atoms with Gasteiger partial charge in [0.25, 0.3) is 0 Å². The Bertz CT molecular complexity index is 2960. The summed E-state index contributed by atoms with van der Waals surface area (Å²) < 4.78 is 34.1. The number of ether oxygens (including phenoxy) is 3. The first kappa shape index (κ1) is 64.1. The lowest BCUT2D eigenvalue weighted by atomic mass is 10.1. The van der Waals surface area contributed by atoms with Crippen LogP contribution in [0.15, 0.2) is 109 Å². The number of amides is 3. The lowest BCUT2D eigenvalue weighted by Gasteiger charge is -2.14. The van der Waals surface area contributed by atoms with Crippen LogP contribution in [-0.2, 0) is 67.9 Å². The summed E-state index contributed by atoms with van der Waals surface area (Å²) >= 11 is 38.6. The van der Waals surface area contributed by atoms with E-state index >= 15 is 0 Å². The lowest BCUT2D eigenvalue weighted by molar-refractivity contribution is -0.138. The van der Waals surface area contributed by atoms with Crippen LogP contribution in [0, 0.1) is 5.82 Å². The second kappa shape index (κ2) is 31.2. The first-order valence-electron chi connectivity index (χ1n) is 22.5. The van der Waals surface area contributed by atoms with E-state index < -0.39 is 23.7 Å². The number of carboxylic acid groups (broad SMARTS) is 3. The van der Waals surface area contributed by atoms with Crippen LogP contribution in [0.2, 0.25) is 20.1 Å². The molecule has 6 aromatic rings. The van der Waals surface area contributed by atoms with Gasteiger partial charge in [0.2, 0.25) is 17.7 Å². The number of hydrogen-bond acceptors (Lipinski definition) is 9. The average Bonchev–Trinajstić information content (AvgIpc) is 3.32. The third-order valence-corrected chi connectivity index (χ3v) is 13.9. The normalized spacial score (nSPS) is 10.4. The molecule has 0 spiro atoms. The van der Waals surface area contributed by atoms with E-state index in [0.717, 1.165) is 11.1 Å². The zero-order valence-corrected chi connectivity index (χ0v) is 50.1. The van der Waals surface area contributed by atoms with Gasteiger partial charge in [-0.15, -0.1) is 0 Å². The second-order valence-electron chi connectivity index (χ2n) is 16.3. The molecule has 0 fully saturated rings. The largest absolute Gasteiger partial charge is 0.486 e. The number of nitrogens with one attached hydrogen (secondary N) is 3. The molecule has 15 nitrogen and oxygen atoms in total. The predicted molar refractivity (Wildman–Crippen MR) is 309 cm³/mol. The van der Waals surface area contributed by atoms with E-state index in [0.29, 0.717) is 80.3 Å². The molecule has 24 heteroatoms. The highest BCUT2D eigenvalue weighted by atomic mass is 79.9. The molecule has 0 bridgehead atoms. The number of aliphatic carboxylic acids is 3. The van der Waals surface area contributed by atoms with Crippen LogP contribution in [0.1, 0.15) is 67.0 Å². The van der Waals surface area contributed by atoms with Crippen molar-refractivity contribution in [1.29, 1.82) is 0 Å². The number of benzene rings is 6. The Morgan fingerprint density at radius 1 is 0.481 bits per heavy atom. The molecule has 0 aromatic heterocycles. The molecule has 0 saturated heterocycles. The molecule has 3 amide bonds. The molecule has 6 N–H and O–H groups in total. The third kappa shape index (κ3) is 21.0. The van der Waals surface area contributed by atoms with Gasteiger partial charge in [-0.05, 0) is 148 Å². The number of anilines is 3. The van der Waals surface area contributed by atoms with E-state index in [1.165, 1.54) is 26.8 Å². The zero-order valence-electron chi connectivity index (χ0n) is 40.7. The Labute approximate surface area is 495 Å². The van der Waals surface area contributed by atoms with Crippen molar-refractivity contribution in [3.8, 4) is 17.2 Å². The fraction of sp³-hybridized carbons (Fsp3) is 0.208. The van der Waals surface area contributed by atoms with Crippen molar-refractivity contribution in [2.75, 3.05) is 16.0 Å². The summed E-state index contributed by atoms with van der Waals surface area (Å²) in [5.41, 5.74) is 4.95. The molecule has 6 aromatic carbocycles. The van der Waals surface area contributed by atoms with Crippen molar-refractivity contribution in [2.45, 2.75) is 72.7 Å². The van der Waals surface area contributed by atoms with Crippen molar-refractivity contribution < 1.29 is 62.7 Å². The van der Waals surface area contributed by atoms with Crippen LogP contribution < -0.4 is 30.2 Å². The Hall–Kier alpha value is -5.45. The fourth-order valence-electron chi connectivity index (χ4n) is 6.70. The molecule has 0 aliphatic carbocycles. The van der Waals surface area contributed by atoms with Crippen molar-refractivity contribution in [1.82, 2.24) is 0 Å². The summed E-state index contributed by atoms with van der Waals surface area (Å²) in [5.74, 6) is -2.73. The number of hydrogen-bond donors (Lipinski definition) is 6. The van der Waals surface area contributed by atoms with Crippen LogP contribution in [0.4, 0.5) is 21.5 Å². The Morgan fingerprint density at radius 2 is 0.818 bits per heavy atom. The number of aryl methyl sites for hydroxylation is 2. The van der Waals surface area contributed by atoms with Gasteiger partial charge in [-0.2, -0.15) is 0 Å². The Balaban J connectivity index is 0.000000249. The maximum absolute atomic E-state index is 14.4. The van der Waals surface area contributed by atoms with Crippen LogP contribution in [0.5, 0.6) is 17.2 Å². The van der Waals surface area contributed by atoms with E-state index in [4.69, 9.17) is 75.9 Å². The Kier molecular flexibility index (Phi) is 26.0. The summed E-state index contributed by atoms with van der Waals surface area (Å²) in [4.78, 5) is 65.7. The van der Waals surface area contributed by atoms with Gasteiger partial charge in [-0.25, -0.2) is 4.39 Å². The van der Waals surface area contributed by atoms with E-state index in [1.54, 1.807) is 66.7 Å². The molecular formula is C53H46Br4Cl4FN3O12. The third-order valence-electron chi connectivity index (χ3n) is 10.1. The average molecular weight is 1400 g/mol. The van der Waals surface area contributed by atoms with Crippen molar-refractivity contribution >= 4 is 163 Å². The zero-order chi connectivity index (χ0) is 57.1. The molecule has 77 heavy (non-hydrogen) atoms. The summed E-state index contributed by atoms with van der Waals surface area (Å²) in [6.45, 7) is 4.35. The molecule has 0 heterocycles. The van der Waals surface area contributed by atoms with Gasteiger partial charge in [0.15, 0.2) is 11.6 Å². The predicted octanol–water partition coefficient (Wildman–Crippen LogP) is 15.1. The number of carbonyl (C=O) groups is 6. The Morgan fingerprint density at radius 3 is 1.21 bits per heavy atom. The van der Waals surface area contributed by atoms with Gasteiger partial charge in [0.1, 0.15) is 31.3 Å². The monoisotopic (exact) mass is 1390 g/mol. The molecular weight excluding hydrogens is 1350 g/mol. The smallest absolute Gasteiger partial charge is 0.307 e. The topological polar surface area (TPSA) is 227 Å². The lowest BCUT2D eigenvalue weighted by Crippen LogP contribution is -2.09. The van der Waals surface area contributed by atoms with Crippen molar-refractivity contribution in [2.24, 2.45) is 0 Å². The molecule has 0 aliphatic heterocycles. The highest BCUT2D eigenvalue weighted by molar-refractivity contribution is 9.11. The molecule has 0 aliphatic rings. The summed E-state index contributed by atoms with van der Waals surface area (Å²) in [7, 11) is 0. The van der Waals surface area contributed by atoms with Gasteiger partial charge in [-0.1, -0.05) is 82.8 Å². The number of carboxylic acids is 3. The standard InChI is InChI=1S/C18H16Br2ClNO4.C18H16Cl3NO4.C17H14Br2FNO4/c2*1-10(23)22-15-4-2-3-12(17(15)21)9-26-18-13(19)7-11(8-14(18)20)5-6-16(24)25;1-9(22)21-14-4-2-3-11(16(14)20)8-25-17-12(18)5-10(6-13(17)19)7-15(23)24/h2*2-4,7-8H,5-6,9H2,1H3,(H,22,23)(H,24,25);2-6H,7-8H2,1H3,(H,21,22)(H,23,24). The van der Waals surface area contributed by atoms with Crippen LogP contribution in [0.3, 0.4) is 0 Å². The molecule has 0 radical (unpaired) electrons. The van der Waals surface area contributed by atoms with Crippen molar-refractivity contribution in [3.63, 3.8) is 0 Å². The number of rotatable bonds is 20. The minimum Gasteiger partial charge on any atom is -0.486 e. The minimum atomic E-state index is -0.940. The molecule has 6 rings (SSSR count). The van der Waals surface area contributed by atoms with E-state index in [9.17, 15) is 33.2 Å². The number of carbonyl (C=O) groups excluding carboxylic acids is 3.